The lowest BCUT2D eigenvalue weighted by molar-refractivity contribution is -0.0368. The van der Waals surface area contributed by atoms with Crippen molar-refractivity contribution in [3.05, 3.63) is 48.3 Å². The molecule has 0 amide bonds. The number of ether oxygens (including phenoxy) is 1. The summed E-state index contributed by atoms with van der Waals surface area (Å²) in [7, 11) is 1.81. The molecule has 2 aromatic heterocycles. The van der Waals surface area contributed by atoms with E-state index in [-0.39, 0.29) is 30.0 Å². The molecule has 166 valence electrons. The minimum absolute atomic E-state index is 0.0258. The number of fused-ring (bicyclic) bond motifs is 1. The highest BCUT2D eigenvalue weighted by Crippen LogP contribution is 2.33. The van der Waals surface area contributed by atoms with Gasteiger partial charge in [0, 0.05) is 11.1 Å². The normalized spacial score (nSPS) is 23.8. The molecule has 1 aliphatic heterocycles. The van der Waals surface area contributed by atoms with E-state index in [2.05, 4.69) is 20.3 Å². The van der Waals surface area contributed by atoms with Gasteiger partial charge in [0.05, 0.1) is 12.4 Å². The van der Waals surface area contributed by atoms with E-state index in [0.29, 0.717) is 17.5 Å². The van der Waals surface area contributed by atoms with Gasteiger partial charge in [-0.15, -0.1) is 0 Å². The van der Waals surface area contributed by atoms with Gasteiger partial charge in [-0.25, -0.2) is 4.98 Å². The van der Waals surface area contributed by atoms with Crippen LogP contribution < -0.4 is 27.5 Å². The van der Waals surface area contributed by atoms with Crippen LogP contribution in [0.3, 0.4) is 0 Å². The van der Waals surface area contributed by atoms with Gasteiger partial charge in [-0.3, -0.25) is 23.9 Å². The zero-order chi connectivity index (χ0) is 22.3. The minimum atomic E-state index is -1.31. The Balaban J connectivity index is 1.50. The van der Waals surface area contributed by atoms with E-state index in [9.17, 15) is 24.6 Å². The molecule has 31 heavy (non-hydrogen) atoms. The van der Waals surface area contributed by atoms with Crippen LogP contribution in [0, 0.1) is 0 Å². The average Bonchev–Trinajstić information content (AvgIpc) is 3.28. The molecule has 1 aromatic carbocycles. The lowest BCUT2D eigenvalue weighted by atomic mass is 9.91. The van der Waals surface area contributed by atoms with Gasteiger partial charge in [0.25, 0.3) is 5.56 Å². The van der Waals surface area contributed by atoms with Crippen LogP contribution in [0.15, 0.2) is 20.7 Å². The summed E-state index contributed by atoms with van der Waals surface area (Å²) >= 11 is 0. The summed E-state index contributed by atoms with van der Waals surface area (Å²) in [4.78, 5) is 46.2. The summed E-state index contributed by atoms with van der Waals surface area (Å²) in [6.07, 6.45) is -1.34. The molecule has 3 aromatic rings. The van der Waals surface area contributed by atoms with Gasteiger partial charge in [0.15, 0.2) is 17.4 Å². The Labute approximate surface area is 175 Å². The topological polar surface area (TPSA) is 185 Å². The first kappa shape index (κ1) is 21.3. The molecule has 4 atom stereocenters. The predicted molar refractivity (Wildman–Crippen MR) is 110 cm³/mol. The Morgan fingerprint density at radius 3 is 2.61 bits per heavy atom. The fourth-order valence-electron chi connectivity index (χ4n) is 4.07. The van der Waals surface area contributed by atoms with Crippen LogP contribution in [-0.4, -0.2) is 61.6 Å². The molecule has 12 heteroatoms. The maximum absolute atomic E-state index is 12.0. The number of anilines is 1. The number of nitrogens with zero attached hydrogens (tertiary/aromatic N) is 3. The van der Waals surface area contributed by atoms with Crippen molar-refractivity contribution in [1.29, 1.82) is 0 Å². The first-order valence-corrected chi connectivity index (χ1v) is 10.0. The fraction of sp³-hybridized carbons (Fsp3) is 0.526. The molecule has 1 fully saturated rings. The summed E-state index contributed by atoms with van der Waals surface area (Å²) in [5, 5.41) is 24.0. The molecule has 1 aliphatic rings. The van der Waals surface area contributed by atoms with Crippen LogP contribution in [-0.2, 0) is 17.6 Å². The lowest BCUT2D eigenvalue weighted by Crippen LogP contribution is -2.41. The van der Waals surface area contributed by atoms with Crippen LogP contribution in [0.25, 0.3) is 11.2 Å². The minimum Gasteiger partial charge on any atom is -0.388 e. The number of H-pyrrole nitrogens is 1. The highest BCUT2D eigenvalue weighted by atomic mass is 16.6. The SMILES string of the molecule is CNCCCc1c(CC[C@H]2O[C@@H](n3cnc4c(=O)[nH]c(N)nc43)[C@H](O)[C@@H]2O)c(=O)c1=O. The summed E-state index contributed by atoms with van der Waals surface area (Å²) < 4.78 is 7.18. The summed E-state index contributed by atoms with van der Waals surface area (Å²) in [6.45, 7) is 0.733. The molecule has 0 aliphatic carbocycles. The van der Waals surface area contributed by atoms with Gasteiger partial charge >= 0.3 is 0 Å². The molecular formula is C19H24N6O6. The van der Waals surface area contributed by atoms with Gasteiger partial charge in [-0.1, -0.05) is 0 Å². The van der Waals surface area contributed by atoms with Crippen molar-refractivity contribution in [2.45, 2.75) is 50.2 Å². The van der Waals surface area contributed by atoms with Gasteiger partial charge in [0.2, 0.25) is 16.8 Å². The highest BCUT2D eigenvalue weighted by molar-refractivity contribution is 5.70. The van der Waals surface area contributed by atoms with Gasteiger partial charge in [-0.05, 0) is 39.3 Å². The Kier molecular flexibility index (Phi) is 5.71. The first-order chi connectivity index (χ1) is 14.8. The number of aromatic amines is 1. The van der Waals surface area contributed by atoms with Crippen molar-refractivity contribution in [1.82, 2.24) is 24.8 Å². The summed E-state index contributed by atoms with van der Waals surface area (Å²) in [6, 6.07) is 0. The van der Waals surface area contributed by atoms with E-state index in [4.69, 9.17) is 10.5 Å². The molecule has 1 saturated heterocycles. The highest BCUT2D eigenvalue weighted by Gasteiger charge is 2.44. The molecular weight excluding hydrogens is 408 g/mol. The Hall–Kier alpha value is -2.93. The third-order valence-electron chi connectivity index (χ3n) is 5.71. The van der Waals surface area contributed by atoms with Gasteiger partial charge in [0.1, 0.15) is 12.2 Å². The molecule has 0 unspecified atom stereocenters. The number of nitrogens with one attached hydrogen (secondary N) is 2. The average molecular weight is 432 g/mol. The Morgan fingerprint density at radius 1 is 1.19 bits per heavy atom. The second-order valence-corrected chi connectivity index (χ2v) is 7.68. The van der Waals surface area contributed by atoms with Crippen LogP contribution in [0.4, 0.5) is 5.95 Å². The lowest BCUT2D eigenvalue weighted by Gasteiger charge is -2.17. The summed E-state index contributed by atoms with van der Waals surface area (Å²) in [5.41, 5.74) is 5.26. The molecule has 4 rings (SSSR count). The zero-order valence-electron chi connectivity index (χ0n) is 16.9. The quantitative estimate of drug-likeness (QED) is 0.191. The number of aliphatic hydroxyl groups excluding tert-OH is 2. The van der Waals surface area contributed by atoms with Crippen molar-refractivity contribution in [3.8, 4) is 0 Å². The van der Waals surface area contributed by atoms with E-state index in [1.165, 1.54) is 10.9 Å². The van der Waals surface area contributed by atoms with Crippen molar-refractivity contribution in [2.24, 2.45) is 0 Å². The number of nitrogens with two attached hydrogens (primary N) is 1. The molecule has 6 N–H and O–H groups in total. The maximum Gasteiger partial charge on any atom is 0.280 e. The maximum atomic E-state index is 12.0. The number of rotatable bonds is 8. The molecule has 0 spiro atoms. The van der Waals surface area contributed by atoms with Crippen LogP contribution in [0.2, 0.25) is 0 Å². The van der Waals surface area contributed by atoms with Crippen molar-refractivity contribution < 1.29 is 14.9 Å². The zero-order valence-corrected chi connectivity index (χ0v) is 16.9. The Bertz CT molecular complexity index is 1230. The smallest absolute Gasteiger partial charge is 0.280 e. The van der Waals surface area contributed by atoms with E-state index in [1.54, 1.807) is 0 Å². The van der Waals surface area contributed by atoms with Gasteiger partial charge in [-0.2, -0.15) is 4.98 Å². The predicted octanol–water partition coefficient (Wildman–Crippen LogP) is -2.30. The molecule has 0 bridgehead atoms. The van der Waals surface area contributed by atoms with E-state index >= 15 is 0 Å². The summed E-state index contributed by atoms with van der Waals surface area (Å²) in [5.74, 6) is -0.116. The second kappa shape index (κ2) is 8.30. The third kappa shape index (κ3) is 3.67. The number of hydrogen-bond donors (Lipinski definition) is 5. The van der Waals surface area contributed by atoms with E-state index in [0.717, 1.165) is 13.0 Å². The number of aromatic nitrogens is 4. The van der Waals surface area contributed by atoms with Crippen LogP contribution >= 0.6 is 0 Å². The standard InChI is InChI=1S/C19H24N6O6/c1-21-6-2-3-8-9(13(27)12(8)26)4-5-10-14(28)15(29)18(31-10)25-7-22-11-16(25)23-19(20)24-17(11)30/h7,10,14-15,18,21,28-29H,2-6H2,1H3,(H3,20,23,24,30)/t10-,14-,15-,18-/m1/s1. The first-order valence-electron chi connectivity index (χ1n) is 10.0. The van der Waals surface area contributed by atoms with Gasteiger partial charge < -0.3 is 26.0 Å². The molecule has 0 radical (unpaired) electrons. The van der Waals surface area contributed by atoms with Crippen LogP contribution in [0.5, 0.6) is 0 Å². The fourth-order valence-corrected chi connectivity index (χ4v) is 4.07. The number of aliphatic hydroxyl groups is 2. The number of imidazole rings is 1. The van der Waals surface area contributed by atoms with Crippen molar-refractivity contribution in [3.63, 3.8) is 0 Å². The van der Waals surface area contributed by atoms with E-state index < -0.39 is 41.0 Å². The number of hydrogen-bond acceptors (Lipinski definition) is 10. The molecule has 3 heterocycles. The van der Waals surface area contributed by atoms with E-state index in [1.807, 2.05) is 7.05 Å². The largest absolute Gasteiger partial charge is 0.388 e. The molecule has 0 saturated carbocycles. The van der Waals surface area contributed by atoms with Crippen molar-refractivity contribution >= 4 is 17.1 Å². The van der Waals surface area contributed by atoms with Crippen molar-refractivity contribution in [2.75, 3.05) is 19.3 Å². The van der Waals surface area contributed by atoms with Crippen LogP contribution in [0.1, 0.15) is 30.2 Å². The monoisotopic (exact) mass is 432 g/mol. The second-order valence-electron chi connectivity index (χ2n) is 7.68. The molecule has 12 nitrogen and oxygen atoms in total. The number of nitrogen functional groups attached to an aromatic ring is 1. The Morgan fingerprint density at radius 2 is 1.90 bits per heavy atom. The third-order valence-corrected chi connectivity index (χ3v) is 5.71.